The Labute approximate surface area is 273 Å². The lowest BCUT2D eigenvalue weighted by atomic mass is 10.0. The van der Waals surface area contributed by atoms with Crippen molar-refractivity contribution in [1.29, 1.82) is 0 Å². The van der Waals surface area contributed by atoms with Crippen molar-refractivity contribution in [2.45, 2.75) is 30.4 Å². The minimum atomic E-state index is -3.95. The molecule has 0 bridgehead atoms. The Kier molecular flexibility index (Phi) is 10.9. The van der Waals surface area contributed by atoms with Crippen LogP contribution in [0.25, 0.3) is 0 Å². The van der Waals surface area contributed by atoms with Gasteiger partial charge in [0, 0.05) is 37.6 Å². The maximum absolute atomic E-state index is 13.9. The van der Waals surface area contributed by atoms with Crippen LogP contribution in [0.15, 0.2) is 139 Å². The minimum Gasteiger partial charge on any atom is -0.484 e. The molecule has 0 unspecified atom stereocenters. The molecule has 1 atom stereocenters. The van der Waals surface area contributed by atoms with Gasteiger partial charge in [0.2, 0.25) is 5.91 Å². The van der Waals surface area contributed by atoms with Gasteiger partial charge in [0.1, 0.15) is 17.6 Å². The number of pyridine rings is 1. The number of carbonyl (C=O) groups excluding carboxylic acids is 2. The number of hydrogen-bond acceptors (Lipinski definition) is 6. The molecule has 47 heavy (non-hydrogen) atoms. The number of hydrogen-bond donors (Lipinski definition) is 2. The second-order valence-electron chi connectivity index (χ2n) is 10.7. The molecule has 1 heterocycles. The zero-order valence-electron chi connectivity index (χ0n) is 25.3. The van der Waals surface area contributed by atoms with Crippen molar-refractivity contribution in [3.8, 4) is 5.75 Å². The summed E-state index contributed by atoms with van der Waals surface area (Å²) < 4.78 is 47.0. The number of anilines is 1. The van der Waals surface area contributed by atoms with E-state index in [0.29, 0.717) is 0 Å². The van der Waals surface area contributed by atoms with Crippen molar-refractivity contribution in [3.63, 3.8) is 0 Å². The number of carbonyl (C=O) groups is 2. The monoisotopic (exact) mass is 652 g/mol. The molecule has 2 N–H and O–H groups in total. The van der Waals surface area contributed by atoms with Crippen molar-refractivity contribution >= 4 is 27.5 Å². The first-order valence-electron chi connectivity index (χ1n) is 14.8. The Morgan fingerprint density at radius 2 is 1.38 bits per heavy atom. The molecule has 1 aromatic heterocycles. The fraction of sp³-hybridized carbons (Fsp3) is 0.139. The lowest BCUT2D eigenvalue weighted by Gasteiger charge is -2.31. The molecule has 2 amide bonds. The van der Waals surface area contributed by atoms with Crippen LogP contribution in [0.4, 0.5) is 10.1 Å². The lowest BCUT2D eigenvalue weighted by molar-refractivity contribution is -0.142. The predicted molar refractivity (Wildman–Crippen MR) is 176 cm³/mol. The average Bonchev–Trinajstić information content (AvgIpc) is 3.10. The Bertz CT molecular complexity index is 1860. The molecule has 240 valence electrons. The molecular weight excluding hydrogens is 619 g/mol. The van der Waals surface area contributed by atoms with E-state index in [2.05, 4.69) is 15.0 Å². The van der Waals surface area contributed by atoms with Crippen molar-refractivity contribution < 1.29 is 27.1 Å². The number of nitrogens with one attached hydrogen (secondary N) is 2. The van der Waals surface area contributed by atoms with E-state index in [1.165, 1.54) is 41.3 Å². The van der Waals surface area contributed by atoms with Crippen LogP contribution >= 0.6 is 0 Å². The summed E-state index contributed by atoms with van der Waals surface area (Å²) >= 11 is 0. The van der Waals surface area contributed by atoms with Crippen LogP contribution in [0.1, 0.15) is 16.7 Å². The molecule has 5 aromatic rings. The van der Waals surface area contributed by atoms with Gasteiger partial charge in [-0.1, -0.05) is 60.7 Å². The maximum Gasteiger partial charge on any atom is 0.261 e. The topological polar surface area (TPSA) is 118 Å². The zero-order chi connectivity index (χ0) is 33.1. The summed E-state index contributed by atoms with van der Waals surface area (Å²) in [5.74, 6) is -0.967. The summed E-state index contributed by atoms with van der Waals surface area (Å²) in [5.41, 5.74) is 2.80. The molecular formula is C36H33FN4O5S. The highest BCUT2D eigenvalue weighted by Crippen LogP contribution is 2.21. The molecule has 9 nitrogen and oxygen atoms in total. The first kappa shape index (κ1) is 32.8. The molecule has 0 aliphatic carbocycles. The van der Waals surface area contributed by atoms with Gasteiger partial charge in [-0.25, -0.2) is 12.8 Å². The van der Waals surface area contributed by atoms with E-state index in [1.54, 1.807) is 12.4 Å². The normalized spacial score (nSPS) is 11.7. The standard InChI is InChI=1S/C36H33FN4O5S/c37-30-11-13-31(14-12-30)40-47(44,45)33-17-15-32(16-18-33)46-26-35(42)41(25-29-9-5-2-6-10-29)34(23-27-7-3-1-4-8-27)36(43)39-24-28-19-21-38-22-20-28/h1-22,34,40H,23-26H2,(H,39,43)/t34-/m1/s1. The van der Waals surface area contributed by atoms with Crippen molar-refractivity contribution in [2.24, 2.45) is 0 Å². The lowest BCUT2D eigenvalue weighted by Crippen LogP contribution is -2.51. The summed E-state index contributed by atoms with van der Waals surface area (Å²) in [6.45, 7) is 0.0346. The van der Waals surface area contributed by atoms with E-state index in [4.69, 9.17) is 4.74 Å². The summed E-state index contributed by atoms with van der Waals surface area (Å²) in [6, 6.07) is 32.1. The van der Waals surface area contributed by atoms with Gasteiger partial charge in [-0.3, -0.25) is 19.3 Å². The fourth-order valence-electron chi connectivity index (χ4n) is 4.82. The van der Waals surface area contributed by atoms with Crippen LogP contribution in [-0.4, -0.2) is 42.8 Å². The van der Waals surface area contributed by atoms with Crippen LogP contribution in [0.5, 0.6) is 5.75 Å². The van der Waals surface area contributed by atoms with Crippen molar-refractivity contribution in [1.82, 2.24) is 15.2 Å². The van der Waals surface area contributed by atoms with Gasteiger partial charge in [0.05, 0.1) is 4.90 Å². The van der Waals surface area contributed by atoms with Crippen LogP contribution in [0, 0.1) is 5.82 Å². The van der Waals surface area contributed by atoms with Gasteiger partial charge in [0.15, 0.2) is 6.61 Å². The van der Waals surface area contributed by atoms with Gasteiger partial charge < -0.3 is 15.0 Å². The summed E-state index contributed by atoms with van der Waals surface area (Å²) in [4.78, 5) is 33.1. The van der Waals surface area contributed by atoms with Crippen LogP contribution in [0.3, 0.4) is 0 Å². The number of aromatic nitrogens is 1. The molecule has 0 fully saturated rings. The molecule has 0 saturated carbocycles. The Morgan fingerprint density at radius 3 is 2.02 bits per heavy atom. The summed E-state index contributed by atoms with van der Waals surface area (Å²) in [6.07, 6.45) is 3.57. The van der Waals surface area contributed by atoms with Gasteiger partial charge >= 0.3 is 0 Å². The van der Waals surface area contributed by atoms with E-state index in [-0.39, 0.29) is 41.7 Å². The first-order valence-corrected chi connectivity index (χ1v) is 16.3. The van der Waals surface area contributed by atoms with Crippen molar-refractivity contribution in [3.05, 3.63) is 156 Å². The van der Waals surface area contributed by atoms with E-state index < -0.39 is 34.4 Å². The van der Waals surface area contributed by atoms with Crippen molar-refractivity contribution in [2.75, 3.05) is 11.3 Å². The quantitative estimate of drug-likeness (QED) is 0.167. The summed E-state index contributed by atoms with van der Waals surface area (Å²) in [5, 5.41) is 2.97. The minimum absolute atomic E-state index is 0.0417. The average molecular weight is 653 g/mol. The number of benzene rings is 4. The fourth-order valence-corrected chi connectivity index (χ4v) is 5.88. The van der Waals surface area contributed by atoms with E-state index in [1.807, 2.05) is 72.8 Å². The highest BCUT2D eigenvalue weighted by atomic mass is 32.2. The third kappa shape index (κ3) is 9.47. The second kappa shape index (κ2) is 15.6. The number of amides is 2. The Morgan fingerprint density at radius 1 is 0.766 bits per heavy atom. The molecule has 4 aromatic carbocycles. The molecule has 0 aliphatic heterocycles. The van der Waals surface area contributed by atoms with Crippen LogP contribution in [0.2, 0.25) is 0 Å². The second-order valence-corrected chi connectivity index (χ2v) is 12.3. The van der Waals surface area contributed by atoms with E-state index in [9.17, 15) is 22.4 Å². The third-order valence-corrected chi connectivity index (χ3v) is 8.67. The predicted octanol–water partition coefficient (Wildman–Crippen LogP) is 5.36. The van der Waals surface area contributed by atoms with Gasteiger partial charge in [-0.15, -0.1) is 0 Å². The number of halogens is 1. The van der Waals surface area contributed by atoms with E-state index in [0.717, 1.165) is 28.8 Å². The number of rotatable bonds is 14. The SMILES string of the molecule is O=C(NCc1ccncc1)[C@@H](Cc1ccccc1)N(Cc1ccccc1)C(=O)COc1ccc(S(=O)(=O)Nc2ccc(F)cc2)cc1. The molecule has 0 aliphatic rings. The molecule has 0 saturated heterocycles. The molecule has 5 rings (SSSR count). The van der Waals surface area contributed by atoms with Gasteiger partial charge in [-0.05, 0) is 77.4 Å². The van der Waals surface area contributed by atoms with Gasteiger partial charge in [-0.2, -0.15) is 0 Å². The van der Waals surface area contributed by atoms with Crippen LogP contribution in [-0.2, 0) is 39.1 Å². The van der Waals surface area contributed by atoms with Gasteiger partial charge in [0.25, 0.3) is 15.9 Å². The van der Waals surface area contributed by atoms with E-state index >= 15 is 0 Å². The zero-order valence-corrected chi connectivity index (χ0v) is 26.1. The molecule has 0 spiro atoms. The molecule has 0 radical (unpaired) electrons. The smallest absolute Gasteiger partial charge is 0.261 e. The number of ether oxygens (including phenoxy) is 1. The summed E-state index contributed by atoms with van der Waals surface area (Å²) in [7, 11) is -3.95. The number of sulfonamides is 1. The third-order valence-electron chi connectivity index (χ3n) is 7.28. The largest absolute Gasteiger partial charge is 0.484 e. The molecule has 11 heteroatoms. The highest BCUT2D eigenvalue weighted by molar-refractivity contribution is 7.92. The van der Waals surface area contributed by atoms with Crippen LogP contribution < -0.4 is 14.8 Å². The Balaban J connectivity index is 1.33. The Hall–Kier alpha value is -5.55. The highest BCUT2D eigenvalue weighted by Gasteiger charge is 2.30. The maximum atomic E-state index is 13.9. The number of nitrogens with zero attached hydrogens (tertiary/aromatic N) is 2. The first-order chi connectivity index (χ1) is 22.8.